The second kappa shape index (κ2) is 5.14. The highest BCUT2D eigenvalue weighted by molar-refractivity contribution is 5.48. The van der Waals surface area contributed by atoms with Gasteiger partial charge in [-0.1, -0.05) is 0 Å². The Morgan fingerprint density at radius 2 is 2.00 bits per heavy atom. The van der Waals surface area contributed by atoms with Gasteiger partial charge in [-0.3, -0.25) is 0 Å². The fraction of sp³-hybridized carbons (Fsp3) is 0.583. The Kier molecular flexibility index (Phi) is 3.75. The van der Waals surface area contributed by atoms with E-state index in [9.17, 15) is 13.2 Å². The van der Waals surface area contributed by atoms with E-state index in [1.807, 2.05) is 0 Å². The van der Waals surface area contributed by atoms with E-state index in [1.165, 1.54) is 12.3 Å². The number of nitrogens with two attached hydrogens (primary N) is 1. The molecule has 1 aromatic rings. The average Bonchev–Trinajstić information content (AvgIpc) is 2.38. The van der Waals surface area contributed by atoms with Crippen molar-refractivity contribution in [3.05, 3.63) is 23.9 Å². The van der Waals surface area contributed by atoms with Crippen molar-refractivity contribution in [2.45, 2.75) is 19.0 Å². The monoisotopic (exact) mass is 259 g/mol. The number of hydrogen-bond donors (Lipinski definition) is 1. The Morgan fingerprint density at radius 1 is 1.33 bits per heavy atom. The molecular formula is C12H16F3N3. The summed E-state index contributed by atoms with van der Waals surface area (Å²) in [5.74, 6) is 0.458. The highest BCUT2D eigenvalue weighted by Gasteiger charge is 2.36. The molecule has 0 radical (unpaired) electrons. The van der Waals surface area contributed by atoms with Gasteiger partial charge in [0.15, 0.2) is 0 Å². The van der Waals surface area contributed by atoms with Crippen molar-refractivity contribution < 1.29 is 13.2 Å². The zero-order chi connectivity index (χ0) is 13.2. The summed E-state index contributed by atoms with van der Waals surface area (Å²) in [6, 6.07) is 2.40. The number of nitrogens with zero attached hydrogens (tertiary/aromatic N) is 2. The van der Waals surface area contributed by atoms with E-state index in [0.29, 0.717) is 25.6 Å². The van der Waals surface area contributed by atoms with Crippen LogP contribution in [0.3, 0.4) is 0 Å². The molecular weight excluding hydrogens is 243 g/mol. The number of pyridine rings is 1. The molecule has 2 heterocycles. The van der Waals surface area contributed by atoms with Crippen molar-refractivity contribution in [1.29, 1.82) is 0 Å². The first kappa shape index (κ1) is 13.1. The molecule has 1 aliphatic rings. The van der Waals surface area contributed by atoms with Crippen molar-refractivity contribution >= 4 is 5.82 Å². The lowest BCUT2D eigenvalue weighted by atomic mass is 9.97. The molecule has 1 saturated heterocycles. The van der Waals surface area contributed by atoms with E-state index in [4.69, 9.17) is 5.73 Å². The molecule has 0 unspecified atom stereocenters. The maximum Gasteiger partial charge on any atom is 0.419 e. The van der Waals surface area contributed by atoms with Crippen molar-refractivity contribution in [3.8, 4) is 0 Å². The van der Waals surface area contributed by atoms with E-state index in [2.05, 4.69) is 4.98 Å². The molecule has 18 heavy (non-hydrogen) atoms. The van der Waals surface area contributed by atoms with Gasteiger partial charge in [0.25, 0.3) is 0 Å². The molecule has 6 heteroatoms. The highest BCUT2D eigenvalue weighted by atomic mass is 19.4. The maximum atomic E-state index is 12.9. The van der Waals surface area contributed by atoms with Crippen molar-refractivity contribution in [2.75, 3.05) is 24.5 Å². The smallest absolute Gasteiger partial charge is 0.356 e. The number of alkyl halides is 3. The van der Waals surface area contributed by atoms with Gasteiger partial charge in [-0.2, -0.15) is 13.2 Å². The van der Waals surface area contributed by atoms with Gasteiger partial charge in [-0.25, -0.2) is 4.98 Å². The molecule has 2 N–H and O–H groups in total. The Balaban J connectivity index is 2.19. The Morgan fingerprint density at radius 3 is 2.56 bits per heavy atom. The van der Waals surface area contributed by atoms with Gasteiger partial charge < -0.3 is 10.6 Å². The molecule has 0 aliphatic carbocycles. The van der Waals surface area contributed by atoms with Crippen LogP contribution < -0.4 is 10.6 Å². The number of piperidine rings is 1. The summed E-state index contributed by atoms with van der Waals surface area (Å²) in [7, 11) is 0. The van der Waals surface area contributed by atoms with E-state index >= 15 is 0 Å². The first-order valence-electron chi connectivity index (χ1n) is 5.99. The van der Waals surface area contributed by atoms with Gasteiger partial charge in [0.2, 0.25) is 0 Å². The number of anilines is 1. The van der Waals surface area contributed by atoms with Crippen LogP contribution >= 0.6 is 0 Å². The summed E-state index contributed by atoms with van der Waals surface area (Å²) in [4.78, 5) is 5.60. The molecule has 1 fully saturated rings. The highest BCUT2D eigenvalue weighted by Crippen LogP contribution is 2.36. The fourth-order valence-corrected chi connectivity index (χ4v) is 2.25. The first-order valence-corrected chi connectivity index (χ1v) is 5.99. The van der Waals surface area contributed by atoms with Gasteiger partial charge in [0, 0.05) is 19.3 Å². The predicted octanol–water partition coefficient (Wildman–Crippen LogP) is 2.28. The molecule has 1 aliphatic heterocycles. The molecule has 0 saturated carbocycles. The summed E-state index contributed by atoms with van der Waals surface area (Å²) in [6.07, 6.45) is -1.30. The normalized spacial score (nSPS) is 18.1. The second-order valence-corrected chi connectivity index (χ2v) is 4.54. The van der Waals surface area contributed by atoms with Gasteiger partial charge in [-0.15, -0.1) is 0 Å². The molecule has 0 spiro atoms. The molecule has 2 rings (SSSR count). The predicted molar refractivity (Wildman–Crippen MR) is 63.2 cm³/mol. The number of hydrogen-bond acceptors (Lipinski definition) is 3. The van der Waals surface area contributed by atoms with E-state index in [0.717, 1.165) is 18.9 Å². The van der Waals surface area contributed by atoms with Crippen LogP contribution in [0, 0.1) is 5.92 Å². The number of rotatable bonds is 2. The number of halogens is 3. The van der Waals surface area contributed by atoms with E-state index in [-0.39, 0.29) is 5.82 Å². The molecule has 1 aromatic heterocycles. The summed E-state index contributed by atoms with van der Waals surface area (Å²) in [6.45, 7) is 1.77. The molecule has 3 nitrogen and oxygen atoms in total. The zero-order valence-corrected chi connectivity index (χ0v) is 9.95. The Bertz CT molecular complexity index is 398. The lowest BCUT2D eigenvalue weighted by Gasteiger charge is -2.33. The lowest BCUT2D eigenvalue weighted by Crippen LogP contribution is -2.37. The van der Waals surface area contributed by atoms with Crippen LogP contribution in [0.1, 0.15) is 18.4 Å². The van der Waals surface area contributed by atoms with Crippen LogP contribution in [0.5, 0.6) is 0 Å². The third-order valence-corrected chi connectivity index (χ3v) is 3.34. The molecule has 0 aromatic carbocycles. The third-order valence-electron chi connectivity index (χ3n) is 3.34. The Hall–Kier alpha value is -1.30. The average molecular weight is 259 g/mol. The van der Waals surface area contributed by atoms with E-state index in [1.54, 1.807) is 4.90 Å². The Labute approximate surface area is 104 Å². The van der Waals surface area contributed by atoms with Crippen LogP contribution in [0.15, 0.2) is 18.3 Å². The van der Waals surface area contributed by atoms with Crippen LogP contribution in [0.2, 0.25) is 0 Å². The molecule has 0 amide bonds. The SMILES string of the molecule is NCC1CCN(c2ncccc2C(F)(F)F)CC1. The summed E-state index contributed by atoms with van der Waals surface area (Å²) < 4.78 is 38.6. The van der Waals surface area contributed by atoms with Crippen LogP contribution in [-0.4, -0.2) is 24.6 Å². The van der Waals surface area contributed by atoms with Gasteiger partial charge in [0.1, 0.15) is 5.82 Å². The quantitative estimate of drug-likeness (QED) is 0.886. The number of aromatic nitrogens is 1. The molecule has 0 bridgehead atoms. The van der Waals surface area contributed by atoms with Crippen molar-refractivity contribution in [1.82, 2.24) is 4.98 Å². The third kappa shape index (κ3) is 2.75. The zero-order valence-electron chi connectivity index (χ0n) is 9.95. The van der Waals surface area contributed by atoms with Gasteiger partial charge >= 0.3 is 6.18 Å². The minimum Gasteiger partial charge on any atom is -0.356 e. The minimum atomic E-state index is -4.35. The van der Waals surface area contributed by atoms with Crippen molar-refractivity contribution in [3.63, 3.8) is 0 Å². The summed E-state index contributed by atoms with van der Waals surface area (Å²) in [5, 5.41) is 0. The van der Waals surface area contributed by atoms with Crippen molar-refractivity contribution in [2.24, 2.45) is 11.7 Å². The molecule has 100 valence electrons. The largest absolute Gasteiger partial charge is 0.419 e. The van der Waals surface area contributed by atoms with Crippen LogP contribution in [-0.2, 0) is 6.18 Å². The van der Waals surface area contributed by atoms with Gasteiger partial charge in [0.05, 0.1) is 5.56 Å². The van der Waals surface area contributed by atoms with E-state index < -0.39 is 11.7 Å². The summed E-state index contributed by atoms with van der Waals surface area (Å²) in [5.41, 5.74) is 4.92. The van der Waals surface area contributed by atoms with Crippen LogP contribution in [0.25, 0.3) is 0 Å². The lowest BCUT2D eigenvalue weighted by molar-refractivity contribution is -0.137. The first-order chi connectivity index (χ1) is 8.52. The minimum absolute atomic E-state index is 0.0421. The van der Waals surface area contributed by atoms with Crippen LogP contribution in [0.4, 0.5) is 19.0 Å². The second-order valence-electron chi connectivity index (χ2n) is 4.54. The standard InChI is InChI=1S/C12H16F3N3/c13-12(14,15)10-2-1-5-17-11(10)18-6-3-9(8-16)4-7-18/h1-2,5,9H,3-4,6-8,16H2. The summed E-state index contributed by atoms with van der Waals surface area (Å²) >= 11 is 0. The van der Waals surface area contributed by atoms with Gasteiger partial charge in [-0.05, 0) is 37.4 Å². The fourth-order valence-electron chi connectivity index (χ4n) is 2.25. The molecule has 0 atom stereocenters. The maximum absolute atomic E-state index is 12.9. The topological polar surface area (TPSA) is 42.1 Å².